The van der Waals surface area contributed by atoms with Gasteiger partial charge in [0.15, 0.2) is 17.5 Å². The normalized spacial score (nSPS) is 15.2. The number of benzene rings is 1. The molecule has 1 amide bonds. The number of carbonyl (C=O) groups is 1. The zero-order valence-corrected chi connectivity index (χ0v) is 13.4. The third-order valence-corrected chi connectivity index (χ3v) is 4.21. The van der Waals surface area contributed by atoms with Crippen molar-refractivity contribution in [3.8, 4) is 0 Å². The van der Waals surface area contributed by atoms with Gasteiger partial charge >= 0.3 is 0 Å². The molecular weight excluding hydrogens is 316 g/mol. The van der Waals surface area contributed by atoms with Crippen LogP contribution in [0.5, 0.6) is 0 Å². The van der Waals surface area contributed by atoms with Crippen LogP contribution in [-0.2, 0) is 24.3 Å². The lowest BCUT2D eigenvalue weighted by Gasteiger charge is -2.28. The minimum absolute atomic E-state index is 0.0722. The van der Waals surface area contributed by atoms with Crippen molar-refractivity contribution in [2.24, 2.45) is 5.73 Å². The second-order valence-corrected chi connectivity index (χ2v) is 6.05. The van der Waals surface area contributed by atoms with Crippen LogP contribution in [-0.4, -0.2) is 38.2 Å². The van der Waals surface area contributed by atoms with Crippen LogP contribution in [0.2, 0.25) is 0 Å². The largest absolute Gasteiger partial charge is 0.333 e. The van der Waals surface area contributed by atoms with Crippen molar-refractivity contribution >= 4 is 5.91 Å². The predicted octanol–water partition coefficient (Wildman–Crippen LogP) is 1.17. The van der Waals surface area contributed by atoms with E-state index < -0.39 is 17.7 Å². The molecule has 1 atom stereocenters. The van der Waals surface area contributed by atoms with Crippen molar-refractivity contribution in [1.82, 2.24) is 19.7 Å². The number of carbonyl (C=O) groups excluding carboxylic acids is 1. The molecule has 0 bridgehead atoms. The number of aromatic nitrogens is 3. The molecule has 0 spiro atoms. The van der Waals surface area contributed by atoms with Gasteiger partial charge in [-0.3, -0.25) is 4.79 Å². The highest BCUT2D eigenvalue weighted by Gasteiger charge is 2.24. The Balaban J connectivity index is 1.57. The van der Waals surface area contributed by atoms with Gasteiger partial charge in [0.2, 0.25) is 5.91 Å². The number of rotatable bonds is 4. The molecule has 8 heteroatoms. The van der Waals surface area contributed by atoms with Gasteiger partial charge in [0.25, 0.3) is 0 Å². The number of hydrogen-bond donors (Lipinski definition) is 1. The molecule has 2 heterocycles. The summed E-state index contributed by atoms with van der Waals surface area (Å²) in [4.78, 5) is 14.1. The molecule has 0 aliphatic carbocycles. The van der Waals surface area contributed by atoms with Crippen LogP contribution >= 0.6 is 0 Å². The number of hydrogen-bond acceptors (Lipinski definition) is 4. The Morgan fingerprint density at radius 1 is 1.29 bits per heavy atom. The minimum Gasteiger partial charge on any atom is -0.333 e. The Bertz CT molecular complexity index is 761. The van der Waals surface area contributed by atoms with E-state index in [4.69, 9.17) is 5.73 Å². The van der Waals surface area contributed by atoms with Crippen molar-refractivity contribution in [2.45, 2.75) is 38.9 Å². The first kappa shape index (κ1) is 16.5. The first-order valence-electron chi connectivity index (χ1n) is 7.80. The Hall–Kier alpha value is -2.35. The predicted molar refractivity (Wildman–Crippen MR) is 82.8 cm³/mol. The van der Waals surface area contributed by atoms with Gasteiger partial charge < -0.3 is 15.2 Å². The van der Waals surface area contributed by atoms with Gasteiger partial charge in [-0.25, -0.2) is 8.78 Å². The standard InChI is InChI=1S/C16H19F2N5O/c1-10-20-21-15-9-22(4-5-23(10)15)16(24)8-12(19)6-11-2-3-13(17)14(18)7-11/h2-3,7,12H,4-6,8-9,19H2,1H3/t12-/m1/s1. The molecule has 1 aliphatic rings. The van der Waals surface area contributed by atoms with Gasteiger partial charge in [-0.05, 0) is 31.0 Å². The van der Waals surface area contributed by atoms with E-state index in [1.165, 1.54) is 6.07 Å². The molecule has 128 valence electrons. The van der Waals surface area contributed by atoms with Crippen molar-refractivity contribution < 1.29 is 13.6 Å². The Labute approximate surface area is 138 Å². The van der Waals surface area contributed by atoms with E-state index in [1.54, 1.807) is 4.90 Å². The lowest BCUT2D eigenvalue weighted by atomic mass is 10.0. The average Bonchev–Trinajstić information content (AvgIpc) is 2.91. The molecule has 0 radical (unpaired) electrons. The SMILES string of the molecule is Cc1nnc2n1CCN(C(=O)C[C@H](N)Cc1ccc(F)c(F)c1)C2. The minimum atomic E-state index is -0.906. The summed E-state index contributed by atoms with van der Waals surface area (Å²) in [5, 5.41) is 8.07. The summed E-state index contributed by atoms with van der Waals surface area (Å²) in [6, 6.07) is 3.21. The van der Waals surface area contributed by atoms with Crippen LogP contribution < -0.4 is 5.73 Å². The fourth-order valence-electron chi connectivity index (χ4n) is 2.91. The molecule has 2 N–H and O–H groups in total. The molecule has 0 saturated heterocycles. The maximum Gasteiger partial charge on any atom is 0.224 e. The second-order valence-electron chi connectivity index (χ2n) is 6.05. The molecule has 1 aromatic carbocycles. The Morgan fingerprint density at radius 2 is 2.08 bits per heavy atom. The molecule has 0 saturated carbocycles. The number of amides is 1. The maximum absolute atomic E-state index is 13.2. The lowest BCUT2D eigenvalue weighted by Crippen LogP contribution is -2.41. The molecule has 0 fully saturated rings. The van der Waals surface area contributed by atoms with Crippen LogP contribution in [0.3, 0.4) is 0 Å². The zero-order chi connectivity index (χ0) is 17.3. The number of nitrogens with two attached hydrogens (primary N) is 1. The van der Waals surface area contributed by atoms with Gasteiger partial charge in [-0.15, -0.1) is 10.2 Å². The molecule has 1 aliphatic heterocycles. The first-order valence-corrected chi connectivity index (χ1v) is 7.80. The summed E-state index contributed by atoms with van der Waals surface area (Å²) >= 11 is 0. The summed E-state index contributed by atoms with van der Waals surface area (Å²) in [5.41, 5.74) is 6.58. The molecule has 0 unspecified atom stereocenters. The van der Waals surface area contributed by atoms with Crippen LogP contribution in [0.1, 0.15) is 23.6 Å². The van der Waals surface area contributed by atoms with Gasteiger partial charge in [-0.1, -0.05) is 6.07 Å². The quantitative estimate of drug-likeness (QED) is 0.910. The summed E-state index contributed by atoms with van der Waals surface area (Å²) in [6.45, 7) is 3.55. The summed E-state index contributed by atoms with van der Waals surface area (Å²) in [5.74, 6) is -0.265. The summed E-state index contributed by atoms with van der Waals surface area (Å²) < 4.78 is 28.1. The van der Waals surface area contributed by atoms with Crippen LogP contribution in [0.15, 0.2) is 18.2 Å². The van der Waals surface area contributed by atoms with Crippen LogP contribution in [0.25, 0.3) is 0 Å². The number of aryl methyl sites for hydroxylation is 1. The first-order chi connectivity index (χ1) is 11.4. The molecule has 6 nitrogen and oxygen atoms in total. The topological polar surface area (TPSA) is 77.0 Å². The summed E-state index contributed by atoms with van der Waals surface area (Å²) in [7, 11) is 0. The van der Waals surface area contributed by atoms with Gasteiger partial charge in [0.1, 0.15) is 5.82 Å². The molecule has 1 aromatic heterocycles. The molecular formula is C16H19F2N5O. The van der Waals surface area contributed by atoms with Crippen molar-refractivity contribution in [2.75, 3.05) is 6.54 Å². The summed E-state index contributed by atoms with van der Waals surface area (Å²) in [6.07, 6.45) is 0.457. The second kappa shape index (κ2) is 6.64. The number of halogens is 2. The van der Waals surface area contributed by atoms with Crippen LogP contribution in [0, 0.1) is 18.6 Å². The Kier molecular flexibility index (Phi) is 4.57. The lowest BCUT2D eigenvalue weighted by molar-refractivity contribution is -0.133. The fraction of sp³-hybridized carbons (Fsp3) is 0.438. The van der Waals surface area contributed by atoms with Gasteiger partial charge in [-0.2, -0.15) is 0 Å². The number of fused-ring (bicyclic) bond motifs is 1. The number of nitrogens with zero attached hydrogens (tertiary/aromatic N) is 4. The van der Waals surface area contributed by atoms with E-state index in [-0.39, 0.29) is 12.3 Å². The van der Waals surface area contributed by atoms with E-state index in [2.05, 4.69) is 10.2 Å². The van der Waals surface area contributed by atoms with E-state index in [0.717, 1.165) is 23.8 Å². The molecule has 3 rings (SSSR count). The van der Waals surface area contributed by atoms with Crippen LogP contribution in [0.4, 0.5) is 8.78 Å². The van der Waals surface area contributed by atoms with Gasteiger partial charge in [0, 0.05) is 25.6 Å². The average molecular weight is 335 g/mol. The maximum atomic E-state index is 13.2. The highest BCUT2D eigenvalue weighted by molar-refractivity contribution is 5.76. The molecule has 2 aromatic rings. The van der Waals surface area contributed by atoms with E-state index in [9.17, 15) is 13.6 Å². The highest BCUT2D eigenvalue weighted by atomic mass is 19.2. The van der Waals surface area contributed by atoms with Crippen molar-refractivity contribution in [3.63, 3.8) is 0 Å². The van der Waals surface area contributed by atoms with Crippen molar-refractivity contribution in [1.29, 1.82) is 0 Å². The molecule has 24 heavy (non-hydrogen) atoms. The van der Waals surface area contributed by atoms with E-state index >= 15 is 0 Å². The zero-order valence-electron chi connectivity index (χ0n) is 13.4. The van der Waals surface area contributed by atoms with Gasteiger partial charge in [0.05, 0.1) is 6.54 Å². The Morgan fingerprint density at radius 3 is 2.83 bits per heavy atom. The van der Waals surface area contributed by atoms with E-state index in [1.807, 2.05) is 11.5 Å². The monoisotopic (exact) mass is 335 g/mol. The smallest absolute Gasteiger partial charge is 0.224 e. The fourth-order valence-corrected chi connectivity index (χ4v) is 2.91. The third kappa shape index (κ3) is 3.43. The third-order valence-electron chi connectivity index (χ3n) is 4.21. The van der Waals surface area contributed by atoms with Crippen molar-refractivity contribution in [3.05, 3.63) is 47.0 Å². The van der Waals surface area contributed by atoms with E-state index in [0.29, 0.717) is 31.6 Å². The highest BCUT2D eigenvalue weighted by Crippen LogP contribution is 2.15.